The van der Waals surface area contributed by atoms with Gasteiger partial charge in [-0.3, -0.25) is 4.68 Å². The molecule has 1 heterocycles. The maximum absolute atomic E-state index is 4.14. The summed E-state index contributed by atoms with van der Waals surface area (Å²) in [5.74, 6) is 1.07. The predicted molar refractivity (Wildman–Crippen MR) is 63.8 cm³/mol. The number of aryl methyl sites for hydroxylation is 1. The molecule has 0 unspecified atom stereocenters. The standard InChI is InChI=1S/C11H13N3S/c1-15-8-7-14-9-11(12-13-14)10-5-3-2-4-6-10/h2-6,9H,7-8H2,1H3. The van der Waals surface area contributed by atoms with Crippen molar-refractivity contribution in [2.24, 2.45) is 0 Å². The van der Waals surface area contributed by atoms with Crippen LogP contribution in [0.5, 0.6) is 0 Å². The fourth-order valence-electron chi connectivity index (χ4n) is 1.33. The monoisotopic (exact) mass is 219 g/mol. The molecule has 0 spiro atoms. The zero-order valence-electron chi connectivity index (χ0n) is 8.63. The Balaban J connectivity index is 2.14. The number of thioether (sulfide) groups is 1. The third kappa shape index (κ3) is 2.59. The van der Waals surface area contributed by atoms with Crippen LogP contribution in [0.3, 0.4) is 0 Å². The maximum atomic E-state index is 4.14. The van der Waals surface area contributed by atoms with Crippen LogP contribution < -0.4 is 0 Å². The summed E-state index contributed by atoms with van der Waals surface area (Å²) in [6, 6.07) is 10.1. The van der Waals surface area contributed by atoms with Gasteiger partial charge in [-0.2, -0.15) is 11.8 Å². The first-order valence-electron chi connectivity index (χ1n) is 4.84. The van der Waals surface area contributed by atoms with Gasteiger partial charge in [-0.1, -0.05) is 35.5 Å². The lowest BCUT2D eigenvalue weighted by Crippen LogP contribution is -2.00. The van der Waals surface area contributed by atoms with Crippen molar-refractivity contribution in [2.45, 2.75) is 6.54 Å². The van der Waals surface area contributed by atoms with Gasteiger partial charge in [0.05, 0.1) is 12.7 Å². The van der Waals surface area contributed by atoms with Crippen LogP contribution >= 0.6 is 11.8 Å². The molecule has 0 N–H and O–H groups in total. The molecule has 4 heteroatoms. The van der Waals surface area contributed by atoms with Gasteiger partial charge in [0.15, 0.2) is 0 Å². The third-order valence-corrected chi connectivity index (χ3v) is 2.72. The highest BCUT2D eigenvalue weighted by Crippen LogP contribution is 2.14. The van der Waals surface area contributed by atoms with E-state index in [2.05, 4.69) is 16.6 Å². The van der Waals surface area contributed by atoms with Crippen LogP contribution in [0.2, 0.25) is 0 Å². The Labute approximate surface area is 93.5 Å². The summed E-state index contributed by atoms with van der Waals surface area (Å²) in [6.07, 6.45) is 4.08. The molecule has 0 radical (unpaired) electrons. The Bertz CT molecular complexity index is 411. The van der Waals surface area contributed by atoms with Crippen LogP contribution in [0.1, 0.15) is 0 Å². The fourth-order valence-corrected chi connectivity index (χ4v) is 1.70. The van der Waals surface area contributed by atoms with E-state index in [0.29, 0.717) is 0 Å². The average Bonchev–Trinajstić information content (AvgIpc) is 2.76. The molecule has 15 heavy (non-hydrogen) atoms. The van der Waals surface area contributed by atoms with Gasteiger partial charge in [-0.15, -0.1) is 5.10 Å². The van der Waals surface area contributed by atoms with Crippen LogP contribution in [-0.2, 0) is 6.54 Å². The average molecular weight is 219 g/mol. The zero-order chi connectivity index (χ0) is 10.5. The van der Waals surface area contributed by atoms with E-state index in [1.807, 2.05) is 53.0 Å². The fraction of sp³-hybridized carbons (Fsp3) is 0.273. The molecule has 0 saturated carbocycles. The summed E-state index contributed by atoms with van der Waals surface area (Å²) >= 11 is 1.81. The van der Waals surface area contributed by atoms with Gasteiger partial charge in [0, 0.05) is 11.3 Å². The second-order valence-corrected chi connectivity index (χ2v) is 4.21. The lowest BCUT2D eigenvalue weighted by Gasteiger charge is -1.95. The van der Waals surface area contributed by atoms with E-state index < -0.39 is 0 Å². The van der Waals surface area contributed by atoms with Gasteiger partial charge >= 0.3 is 0 Å². The molecule has 2 rings (SSSR count). The molecule has 3 nitrogen and oxygen atoms in total. The molecular weight excluding hydrogens is 206 g/mol. The Morgan fingerprint density at radius 2 is 2.07 bits per heavy atom. The first-order valence-corrected chi connectivity index (χ1v) is 6.24. The van der Waals surface area contributed by atoms with E-state index in [-0.39, 0.29) is 0 Å². The Morgan fingerprint density at radius 3 is 2.80 bits per heavy atom. The van der Waals surface area contributed by atoms with Gasteiger partial charge in [0.25, 0.3) is 0 Å². The predicted octanol–water partition coefficient (Wildman–Crippen LogP) is 2.31. The highest BCUT2D eigenvalue weighted by Gasteiger charge is 2.01. The van der Waals surface area contributed by atoms with Crippen LogP contribution in [-0.4, -0.2) is 27.0 Å². The number of nitrogens with zero attached hydrogens (tertiary/aromatic N) is 3. The molecule has 0 saturated heterocycles. The largest absolute Gasteiger partial charge is 0.251 e. The molecule has 0 aliphatic carbocycles. The van der Waals surface area contributed by atoms with Crippen molar-refractivity contribution < 1.29 is 0 Å². The van der Waals surface area contributed by atoms with E-state index in [0.717, 1.165) is 23.6 Å². The van der Waals surface area contributed by atoms with E-state index in [1.54, 1.807) is 0 Å². The lowest BCUT2D eigenvalue weighted by molar-refractivity contribution is 0.633. The minimum absolute atomic E-state index is 0.918. The van der Waals surface area contributed by atoms with Gasteiger partial charge < -0.3 is 0 Å². The number of aromatic nitrogens is 3. The van der Waals surface area contributed by atoms with Crippen molar-refractivity contribution in [2.75, 3.05) is 12.0 Å². The normalized spacial score (nSPS) is 10.5. The minimum Gasteiger partial charge on any atom is -0.251 e. The summed E-state index contributed by atoms with van der Waals surface area (Å²) in [6.45, 7) is 0.918. The molecule has 78 valence electrons. The highest BCUT2D eigenvalue weighted by molar-refractivity contribution is 7.98. The molecular formula is C11H13N3S. The number of hydrogen-bond donors (Lipinski definition) is 0. The summed E-state index contributed by atoms with van der Waals surface area (Å²) < 4.78 is 1.89. The van der Waals surface area contributed by atoms with Crippen molar-refractivity contribution in [1.29, 1.82) is 0 Å². The van der Waals surface area contributed by atoms with Crippen LogP contribution in [0.15, 0.2) is 36.5 Å². The first-order chi connectivity index (χ1) is 7.40. The Kier molecular flexibility index (Phi) is 3.40. The van der Waals surface area contributed by atoms with Gasteiger partial charge in [-0.25, -0.2) is 0 Å². The number of benzene rings is 1. The molecule has 2 aromatic rings. The van der Waals surface area contributed by atoms with Crippen LogP contribution in [0.25, 0.3) is 11.3 Å². The van der Waals surface area contributed by atoms with Crippen LogP contribution in [0.4, 0.5) is 0 Å². The van der Waals surface area contributed by atoms with Gasteiger partial charge in [0.2, 0.25) is 0 Å². The molecule has 0 aliphatic heterocycles. The summed E-state index contributed by atoms with van der Waals surface area (Å²) in [5.41, 5.74) is 2.06. The molecule has 0 aliphatic rings. The quantitative estimate of drug-likeness (QED) is 0.790. The van der Waals surface area contributed by atoms with Crippen molar-refractivity contribution in [1.82, 2.24) is 15.0 Å². The molecule has 0 atom stereocenters. The minimum atomic E-state index is 0.918. The van der Waals surface area contributed by atoms with E-state index in [4.69, 9.17) is 0 Å². The highest BCUT2D eigenvalue weighted by atomic mass is 32.2. The Hall–Kier alpha value is -1.29. The van der Waals surface area contributed by atoms with Crippen molar-refractivity contribution >= 4 is 11.8 Å². The molecule has 0 fully saturated rings. The molecule has 0 bridgehead atoms. The van der Waals surface area contributed by atoms with E-state index >= 15 is 0 Å². The number of hydrogen-bond acceptors (Lipinski definition) is 3. The smallest absolute Gasteiger partial charge is 0.113 e. The van der Waals surface area contributed by atoms with Crippen molar-refractivity contribution in [3.8, 4) is 11.3 Å². The SMILES string of the molecule is CSCCn1cc(-c2ccccc2)nn1. The van der Waals surface area contributed by atoms with Crippen LogP contribution in [0, 0.1) is 0 Å². The second-order valence-electron chi connectivity index (χ2n) is 3.23. The van der Waals surface area contributed by atoms with E-state index in [1.165, 1.54) is 0 Å². The Morgan fingerprint density at radius 1 is 1.27 bits per heavy atom. The van der Waals surface area contributed by atoms with Crippen molar-refractivity contribution in [3.63, 3.8) is 0 Å². The molecule has 0 amide bonds. The summed E-state index contributed by atoms with van der Waals surface area (Å²) in [5, 5.41) is 8.23. The summed E-state index contributed by atoms with van der Waals surface area (Å²) in [7, 11) is 0. The topological polar surface area (TPSA) is 30.7 Å². The van der Waals surface area contributed by atoms with Gasteiger partial charge in [0.1, 0.15) is 5.69 Å². The molecule has 1 aromatic heterocycles. The van der Waals surface area contributed by atoms with E-state index in [9.17, 15) is 0 Å². The lowest BCUT2D eigenvalue weighted by atomic mass is 10.2. The maximum Gasteiger partial charge on any atom is 0.113 e. The van der Waals surface area contributed by atoms with Gasteiger partial charge in [-0.05, 0) is 6.26 Å². The number of rotatable bonds is 4. The zero-order valence-corrected chi connectivity index (χ0v) is 9.44. The molecule has 1 aromatic carbocycles. The summed E-state index contributed by atoms with van der Waals surface area (Å²) in [4.78, 5) is 0. The van der Waals surface area contributed by atoms with Crippen molar-refractivity contribution in [3.05, 3.63) is 36.5 Å². The second kappa shape index (κ2) is 4.98. The third-order valence-electron chi connectivity index (χ3n) is 2.13. The first kappa shape index (κ1) is 10.2.